The molecule has 0 heterocycles. The Bertz CT molecular complexity index is 655. The van der Waals surface area contributed by atoms with E-state index in [0.717, 1.165) is 27.7 Å². The Balaban J connectivity index is 0.00000264. The quantitative estimate of drug-likeness (QED) is 0.620. The molecule has 0 amide bonds. The Morgan fingerprint density at radius 2 is 1.52 bits per heavy atom. The predicted octanol–water partition coefficient (Wildman–Crippen LogP) is 1.81. The fourth-order valence-corrected chi connectivity index (χ4v) is 3.56. The summed E-state index contributed by atoms with van der Waals surface area (Å²) in [5.74, 6) is 0.837. The Morgan fingerprint density at radius 3 is 2.00 bits per heavy atom. The Hall–Kier alpha value is -1.06. The minimum Gasteiger partial charge on any atom is -0.491 e. The summed E-state index contributed by atoms with van der Waals surface area (Å²) in [6, 6.07) is 11.9. The van der Waals surface area contributed by atoms with Crippen LogP contribution in [-0.2, 0) is 0 Å². The zero-order chi connectivity index (χ0) is 16.3. The Morgan fingerprint density at radius 1 is 1.00 bits per heavy atom. The van der Waals surface area contributed by atoms with Gasteiger partial charge in [0.15, 0.2) is 0 Å². The van der Waals surface area contributed by atoms with Crippen molar-refractivity contribution in [2.45, 2.75) is 40.7 Å². The van der Waals surface area contributed by atoms with E-state index in [2.05, 4.69) is 19.1 Å². The van der Waals surface area contributed by atoms with Gasteiger partial charge in [0.2, 0.25) is 0 Å². The van der Waals surface area contributed by atoms with E-state index < -0.39 is 0 Å². The molecule has 0 aliphatic rings. The minimum absolute atomic E-state index is 0. The molecule has 4 heteroatoms. The molecule has 2 aromatic carbocycles. The standard InChI is InChI=1S/C19H22O2P.Li/c1-12(2)21-16-6-8-17(9-7-16)22-19(20)18-14(4)10-13(3)11-15(18)5;/h6-12H,1-5H3;/q-1;+1. The normalized spacial score (nSPS) is 10.9. The number of rotatable bonds is 5. The van der Waals surface area contributed by atoms with E-state index in [1.165, 1.54) is 5.56 Å². The van der Waals surface area contributed by atoms with Crippen LogP contribution in [0, 0.1) is 20.8 Å². The first-order chi connectivity index (χ1) is 10.4. The third kappa shape index (κ3) is 5.50. The van der Waals surface area contributed by atoms with Crippen LogP contribution in [0.4, 0.5) is 0 Å². The van der Waals surface area contributed by atoms with Crippen LogP contribution in [0.1, 0.15) is 40.9 Å². The van der Waals surface area contributed by atoms with Crippen LogP contribution >= 0.6 is 8.58 Å². The topological polar surface area (TPSA) is 26.3 Å². The SMILES string of the molecule is Cc1cc(C)c(C(=O)[P-]c2ccc(OC(C)C)cc2)c(C)c1.[Li+]. The van der Waals surface area contributed by atoms with E-state index in [1.807, 2.05) is 52.0 Å². The van der Waals surface area contributed by atoms with Gasteiger partial charge in [-0.25, -0.2) is 0 Å². The van der Waals surface area contributed by atoms with Crippen LogP contribution in [0.15, 0.2) is 36.4 Å². The summed E-state index contributed by atoms with van der Waals surface area (Å²) >= 11 is 0. The summed E-state index contributed by atoms with van der Waals surface area (Å²) in [5.41, 5.74) is 4.28. The first kappa shape index (κ1) is 20.0. The number of hydrogen-bond donors (Lipinski definition) is 0. The fourth-order valence-electron chi connectivity index (χ4n) is 2.56. The number of carbonyl (C=O) groups is 1. The van der Waals surface area contributed by atoms with Crippen molar-refractivity contribution in [2.24, 2.45) is 0 Å². The fraction of sp³-hybridized carbons (Fsp3) is 0.316. The number of ether oxygens (including phenoxy) is 1. The molecule has 23 heavy (non-hydrogen) atoms. The van der Waals surface area contributed by atoms with Gasteiger partial charge in [0.05, 0.1) is 6.10 Å². The summed E-state index contributed by atoms with van der Waals surface area (Å²) in [6.45, 7) is 10.1. The molecule has 0 spiro atoms. The molecule has 0 radical (unpaired) electrons. The maximum Gasteiger partial charge on any atom is 1.00 e. The van der Waals surface area contributed by atoms with E-state index in [4.69, 9.17) is 4.74 Å². The summed E-state index contributed by atoms with van der Waals surface area (Å²) in [6.07, 6.45) is 0.155. The molecule has 0 fully saturated rings. The molecule has 0 bridgehead atoms. The molecular weight excluding hydrogens is 298 g/mol. The molecular formula is C19H22LiO2P. The average molecular weight is 320 g/mol. The van der Waals surface area contributed by atoms with E-state index in [0.29, 0.717) is 8.58 Å². The van der Waals surface area contributed by atoms with E-state index >= 15 is 0 Å². The first-order valence-corrected chi connectivity index (χ1v) is 8.37. The smallest absolute Gasteiger partial charge is 0.491 e. The second-order valence-corrected chi connectivity index (χ2v) is 7.00. The predicted molar refractivity (Wildman–Crippen MR) is 93.7 cm³/mol. The van der Waals surface area contributed by atoms with Gasteiger partial charge in [-0.1, -0.05) is 29.8 Å². The average Bonchev–Trinajstić information content (AvgIpc) is 2.39. The van der Waals surface area contributed by atoms with Crippen molar-refractivity contribution >= 4 is 19.4 Å². The van der Waals surface area contributed by atoms with Gasteiger partial charge in [-0.05, 0) is 63.4 Å². The maximum atomic E-state index is 12.6. The van der Waals surface area contributed by atoms with Crippen molar-refractivity contribution in [3.63, 3.8) is 0 Å². The van der Waals surface area contributed by atoms with Crippen molar-refractivity contribution in [1.82, 2.24) is 0 Å². The summed E-state index contributed by atoms with van der Waals surface area (Å²) in [4.78, 5) is 12.6. The zero-order valence-corrected chi connectivity index (χ0v) is 15.7. The molecule has 0 aliphatic heterocycles. The van der Waals surface area contributed by atoms with E-state index in [1.54, 1.807) is 0 Å². The Labute approximate surface area is 153 Å². The minimum atomic E-state index is 0. The van der Waals surface area contributed by atoms with Crippen LogP contribution in [0.2, 0.25) is 0 Å². The molecule has 0 aromatic heterocycles. The molecule has 0 N–H and O–H groups in total. The van der Waals surface area contributed by atoms with Crippen molar-refractivity contribution in [3.8, 4) is 5.75 Å². The molecule has 0 unspecified atom stereocenters. The van der Waals surface area contributed by atoms with Crippen LogP contribution in [0.3, 0.4) is 0 Å². The molecule has 2 nitrogen and oxygen atoms in total. The number of aryl methyl sites for hydroxylation is 3. The van der Waals surface area contributed by atoms with Gasteiger partial charge in [-0.15, -0.1) is 0 Å². The number of carbonyl (C=O) groups excluding carboxylic acids is 1. The maximum absolute atomic E-state index is 12.6. The van der Waals surface area contributed by atoms with E-state index in [-0.39, 0.29) is 30.5 Å². The van der Waals surface area contributed by atoms with Crippen molar-refractivity contribution < 1.29 is 28.4 Å². The van der Waals surface area contributed by atoms with Gasteiger partial charge in [0, 0.05) is 5.52 Å². The van der Waals surface area contributed by atoms with Crippen molar-refractivity contribution in [1.29, 1.82) is 0 Å². The van der Waals surface area contributed by atoms with Gasteiger partial charge in [-0.3, -0.25) is 0 Å². The van der Waals surface area contributed by atoms with Crippen LogP contribution in [0.5, 0.6) is 5.75 Å². The number of hydrogen-bond acceptors (Lipinski definition) is 2. The second kappa shape index (κ2) is 8.70. The molecule has 0 saturated carbocycles. The van der Waals surface area contributed by atoms with Gasteiger partial charge in [0.25, 0.3) is 0 Å². The second-order valence-electron chi connectivity index (χ2n) is 5.85. The summed E-state index contributed by atoms with van der Waals surface area (Å²) < 4.78 is 5.62. The van der Waals surface area contributed by atoms with Crippen LogP contribution < -0.4 is 28.9 Å². The van der Waals surface area contributed by atoms with Crippen molar-refractivity contribution in [3.05, 3.63) is 58.7 Å². The Kier molecular flexibility index (Phi) is 7.55. The number of benzene rings is 2. The molecule has 0 atom stereocenters. The summed E-state index contributed by atoms with van der Waals surface area (Å²) in [5, 5.41) is 0.987. The third-order valence-electron chi connectivity index (χ3n) is 3.33. The first-order valence-electron chi connectivity index (χ1n) is 7.47. The van der Waals surface area contributed by atoms with Crippen LogP contribution in [0.25, 0.3) is 0 Å². The van der Waals surface area contributed by atoms with Gasteiger partial charge in [-0.2, -0.15) is 5.30 Å². The zero-order valence-electron chi connectivity index (χ0n) is 14.8. The van der Waals surface area contributed by atoms with Gasteiger partial charge >= 0.3 is 18.9 Å². The van der Waals surface area contributed by atoms with Gasteiger partial charge < -0.3 is 18.1 Å². The van der Waals surface area contributed by atoms with Gasteiger partial charge in [0.1, 0.15) is 5.75 Å². The monoisotopic (exact) mass is 320 g/mol. The summed E-state index contributed by atoms with van der Waals surface area (Å²) in [7, 11) is 0.704. The molecule has 0 saturated heterocycles. The molecule has 116 valence electrons. The third-order valence-corrected chi connectivity index (χ3v) is 4.31. The van der Waals surface area contributed by atoms with Crippen LogP contribution in [-0.4, -0.2) is 11.6 Å². The van der Waals surface area contributed by atoms with E-state index in [9.17, 15) is 4.79 Å². The largest absolute Gasteiger partial charge is 1.00 e. The molecule has 2 aromatic rings. The van der Waals surface area contributed by atoms with Crippen molar-refractivity contribution in [2.75, 3.05) is 0 Å². The molecule has 2 rings (SSSR count). The molecule has 0 aliphatic carbocycles.